The average Bonchev–Trinajstić information content (AvgIpc) is 2.85. The molecule has 0 saturated carbocycles. The van der Waals surface area contributed by atoms with Gasteiger partial charge in [0.1, 0.15) is 6.10 Å². The Balaban J connectivity index is 3.62. The first-order chi connectivity index (χ1) is 16.3. The second-order valence-corrected chi connectivity index (χ2v) is 29.2. The van der Waals surface area contributed by atoms with E-state index in [1.54, 1.807) is 6.08 Å². The van der Waals surface area contributed by atoms with Crippen LogP contribution in [0.5, 0.6) is 0 Å². The van der Waals surface area contributed by atoms with E-state index in [9.17, 15) is 9.90 Å². The van der Waals surface area contributed by atoms with Crippen LogP contribution < -0.4 is 0 Å². The van der Waals surface area contributed by atoms with Crippen LogP contribution in [0, 0.1) is 11.8 Å². The fourth-order valence-electron chi connectivity index (χ4n) is 3.16. The summed E-state index contributed by atoms with van der Waals surface area (Å²) in [5.41, 5.74) is -1.86. The molecule has 214 valence electrons. The van der Waals surface area contributed by atoms with Gasteiger partial charge in [0.15, 0.2) is 31.1 Å². The predicted octanol–water partition coefficient (Wildman–Crippen LogP) is 6.51. The summed E-state index contributed by atoms with van der Waals surface area (Å²) in [4.78, 5) is 15.2. The molecule has 0 radical (unpaired) electrons. The summed E-state index contributed by atoms with van der Waals surface area (Å²) in [5.74, 6) is 5.76. The van der Waals surface area contributed by atoms with Gasteiger partial charge in [-0.2, -0.15) is 0 Å². The van der Waals surface area contributed by atoms with Crippen LogP contribution in [-0.2, 0) is 18.1 Å². The molecule has 37 heavy (non-hydrogen) atoms. The average molecular weight is 570 g/mol. The molecule has 0 spiro atoms. The Morgan fingerprint density at radius 1 is 0.892 bits per heavy atom. The van der Waals surface area contributed by atoms with Crippen molar-refractivity contribution < 1.29 is 23.2 Å². The van der Waals surface area contributed by atoms with Gasteiger partial charge in [0.25, 0.3) is 5.91 Å². The molecule has 0 aromatic carbocycles. The number of hydrogen-bond acceptors (Lipinski definition) is 5. The molecule has 1 N–H and O–H groups in total. The van der Waals surface area contributed by atoms with Gasteiger partial charge >= 0.3 is 0 Å². The van der Waals surface area contributed by atoms with Crippen LogP contribution in [0.15, 0.2) is 12.7 Å². The van der Waals surface area contributed by atoms with Gasteiger partial charge in [0.05, 0.1) is 6.61 Å². The molecule has 1 amide bonds. The zero-order chi connectivity index (χ0) is 29.5. The Hall–Kier alpha value is -0.739. The number of hydrogen-bond donors (Lipinski definition) is 1. The molecule has 1 aliphatic rings. The summed E-state index contributed by atoms with van der Waals surface area (Å²) in [6.07, 6.45) is -0.291. The molecule has 0 aromatic rings. The van der Waals surface area contributed by atoms with Crippen molar-refractivity contribution in [3.8, 4) is 11.8 Å². The molecule has 6 nitrogen and oxygen atoms in total. The first-order valence-corrected chi connectivity index (χ1v) is 22.1. The van der Waals surface area contributed by atoms with E-state index in [1.807, 2.05) is 0 Å². The van der Waals surface area contributed by atoms with Gasteiger partial charge in [-0.15, -0.1) is 6.58 Å². The second kappa shape index (κ2) is 11.0. The van der Waals surface area contributed by atoms with E-state index >= 15 is 0 Å². The molecule has 1 rings (SSSR count). The van der Waals surface area contributed by atoms with Crippen molar-refractivity contribution in [1.82, 2.24) is 4.90 Å². The largest absolute Gasteiger partial charge is 0.406 e. The molecule has 3 atom stereocenters. The lowest BCUT2D eigenvalue weighted by molar-refractivity contribution is -0.141. The summed E-state index contributed by atoms with van der Waals surface area (Å²) >= 11 is 0. The first kappa shape index (κ1) is 34.3. The third-order valence-corrected chi connectivity index (χ3v) is 22.3. The number of likely N-dealkylation sites (tertiary alicyclic amines) is 1. The zero-order valence-electron chi connectivity index (χ0n) is 26.4. The SMILES string of the molecule is C=CCN1C(=O)[C@@H](O[Si](C)(C)C(C)(C)C)[C@H](O[Si](C)(C)C(C)(C)C)C1(O)C#CCO[Si](C)(C)C(C)(C)C. The number of amides is 1. The topological polar surface area (TPSA) is 68.2 Å². The van der Waals surface area contributed by atoms with Gasteiger partial charge < -0.3 is 18.4 Å². The fourth-order valence-corrected chi connectivity index (χ4v) is 6.51. The maximum Gasteiger partial charge on any atom is 0.256 e. The van der Waals surface area contributed by atoms with Crippen LogP contribution in [-0.4, -0.2) is 72.0 Å². The van der Waals surface area contributed by atoms with E-state index in [1.165, 1.54) is 4.90 Å². The van der Waals surface area contributed by atoms with E-state index in [4.69, 9.17) is 13.3 Å². The second-order valence-electron chi connectivity index (χ2n) is 14.9. The minimum absolute atomic E-state index is 0.0415. The van der Waals surface area contributed by atoms with Crippen LogP contribution in [0.4, 0.5) is 0 Å². The lowest BCUT2D eigenvalue weighted by atomic mass is 10.1. The van der Waals surface area contributed by atoms with Gasteiger partial charge in [-0.25, -0.2) is 0 Å². The minimum Gasteiger partial charge on any atom is -0.406 e. The molecule has 1 unspecified atom stereocenters. The number of aliphatic hydroxyl groups is 1. The van der Waals surface area contributed by atoms with Crippen LogP contribution in [0.1, 0.15) is 62.3 Å². The van der Waals surface area contributed by atoms with Crippen LogP contribution in [0.25, 0.3) is 0 Å². The van der Waals surface area contributed by atoms with Crippen molar-refractivity contribution in [3.63, 3.8) is 0 Å². The van der Waals surface area contributed by atoms with Gasteiger partial charge in [-0.1, -0.05) is 74.3 Å². The highest BCUT2D eigenvalue weighted by Crippen LogP contribution is 2.45. The number of nitrogens with zero attached hydrogens (tertiary/aromatic N) is 1. The Bertz CT molecular complexity index is 900. The Labute approximate surface area is 230 Å². The van der Waals surface area contributed by atoms with E-state index in [2.05, 4.69) is 120 Å². The van der Waals surface area contributed by atoms with Gasteiger partial charge in [-0.3, -0.25) is 9.69 Å². The highest BCUT2D eigenvalue weighted by molar-refractivity contribution is 6.75. The van der Waals surface area contributed by atoms with E-state index in [0.29, 0.717) is 0 Å². The van der Waals surface area contributed by atoms with Gasteiger partial charge in [0, 0.05) is 6.54 Å². The number of carbonyl (C=O) groups excluding carboxylic acids is 1. The molecule has 1 saturated heterocycles. The normalized spacial score (nSPS) is 24.2. The first-order valence-electron chi connectivity index (χ1n) is 13.4. The minimum atomic E-state index is -2.43. The molecule has 9 heteroatoms. The predicted molar refractivity (Wildman–Crippen MR) is 162 cm³/mol. The molecule has 0 aliphatic carbocycles. The lowest BCUT2D eigenvalue weighted by Gasteiger charge is -2.44. The molecule has 1 heterocycles. The molecule has 0 bridgehead atoms. The summed E-state index contributed by atoms with van der Waals surface area (Å²) in [6.45, 7) is 36.3. The molecular weight excluding hydrogens is 515 g/mol. The van der Waals surface area contributed by atoms with Crippen molar-refractivity contribution in [2.75, 3.05) is 13.2 Å². The van der Waals surface area contributed by atoms with E-state index in [-0.39, 0.29) is 34.2 Å². The third-order valence-electron chi connectivity index (χ3n) is 8.94. The van der Waals surface area contributed by atoms with E-state index < -0.39 is 42.9 Å². The number of carbonyl (C=O) groups is 1. The molecule has 1 aliphatic heterocycles. The zero-order valence-corrected chi connectivity index (χ0v) is 29.4. The maximum absolute atomic E-state index is 13.8. The molecule has 0 aromatic heterocycles. The van der Waals surface area contributed by atoms with Crippen LogP contribution in [0.3, 0.4) is 0 Å². The van der Waals surface area contributed by atoms with Crippen LogP contribution in [0.2, 0.25) is 54.4 Å². The fraction of sp³-hybridized carbons (Fsp3) is 0.821. The molecular formula is C28H55NO5Si3. The summed E-state index contributed by atoms with van der Waals surface area (Å²) < 4.78 is 19.7. The van der Waals surface area contributed by atoms with Crippen molar-refractivity contribution in [2.45, 2.75) is 135 Å². The smallest absolute Gasteiger partial charge is 0.256 e. The number of rotatable bonds is 8. The van der Waals surface area contributed by atoms with Gasteiger partial charge in [-0.05, 0) is 60.3 Å². The summed E-state index contributed by atoms with van der Waals surface area (Å²) in [6, 6.07) is 0. The van der Waals surface area contributed by atoms with E-state index in [0.717, 1.165) is 0 Å². The van der Waals surface area contributed by atoms with Crippen molar-refractivity contribution >= 4 is 30.9 Å². The van der Waals surface area contributed by atoms with Crippen LogP contribution >= 0.6 is 0 Å². The third kappa shape index (κ3) is 7.47. The Morgan fingerprint density at radius 2 is 1.32 bits per heavy atom. The quantitative estimate of drug-likeness (QED) is 0.205. The summed E-state index contributed by atoms with van der Waals surface area (Å²) in [7, 11) is -6.84. The monoisotopic (exact) mass is 569 g/mol. The van der Waals surface area contributed by atoms with Crippen molar-refractivity contribution in [1.29, 1.82) is 0 Å². The van der Waals surface area contributed by atoms with Crippen molar-refractivity contribution in [2.24, 2.45) is 0 Å². The standard InChI is InChI=1S/C28H55NO5Si3/c1-17-20-29-24(30)22(33-36(13,14)26(5,6)7)23(34-37(15,16)27(8,9)10)28(29,31)19-18-21-32-35(11,12)25(2,3)4/h17,22-23,31H,1,20-21H2,2-16H3/t22-,23-,28?/m0/s1. The maximum atomic E-state index is 13.8. The highest BCUT2D eigenvalue weighted by Gasteiger charge is 2.62. The molecule has 1 fully saturated rings. The Kier molecular flexibility index (Phi) is 10.2. The van der Waals surface area contributed by atoms with Gasteiger partial charge in [0.2, 0.25) is 5.72 Å². The Morgan fingerprint density at radius 3 is 1.73 bits per heavy atom. The van der Waals surface area contributed by atoms with Crippen molar-refractivity contribution in [3.05, 3.63) is 12.7 Å². The summed E-state index contributed by atoms with van der Waals surface area (Å²) in [5, 5.41) is 12.0. The highest BCUT2D eigenvalue weighted by atomic mass is 28.4. The lowest BCUT2D eigenvalue weighted by Crippen LogP contribution is -2.58.